The molecule has 0 fully saturated rings. The molecule has 5 aliphatic carbocycles. The van der Waals surface area contributed by atoms with Gasteiger partial charge in [-0.05, 0) is 219 Å². The fourth-order valence-corrected chi connectivity index (χ4v) is 21.4. The van der Waals surface area contributed by atoms with Gasteiger partial charge in [-0.15, -0.1) is 0 Å². The van der Waals surface area contributed by atoms with Gasteiger partial charge in [-0.2, -0.15) is 0 Å². The second-order valence-electron chi connectivity index (χ2n) is 34.4. The largest absolute Gasteiger partial charge is 0.455 e. The van der Waals surface area contributed by atoms with Crippen LogP contribution in [0.5, 0.6) is 0 Å². The van der Waals surface area contributed by atoms with Gasteiger partial charge in [-0.25, -0.2) is 0 Å². The van der Waals surface area contributed by atoms with Gasteiger partial charge in [0.2, 0.25) is 0 Å². The van der Waals surface area contributed by atoms with Crippen molar-refractivity contribution in [1.82, 2.24) is 0 Å². The van der Waals surface area contributed by atoms with Crippen molar-refractivity contribution in [3.63, 3.8) is 0 Å². The van der Waals surface area contributed by atoms with Crippen molar-refractivity contribution >= 4 is 60.9 Å². The Bertz CT molecular complexity index is 6200. The third kappa shape index (κ3) is 9.64. The summed E-state index contributed by atoms with van der Waals surface area (Å²) < 4.78 is 14.1. The van der Waals surface area contributed by atoms with E-state index in [0.717, 1.165) is 55.9 Å². The summed E-state index contributed by atoms with van der Waals surface area (Å²) in [6.45, 7) is 24.2. The molecule has 0 spiro atoms. The van der Waals surface area contributed by atoms with Crippen molar-refractivity contribution in [2.75, 3.05) is 4.90 Å². The monoisotopic (exact) mass is 1400 g/mol. The summed E-state index contributed by atoms with van der Waals surface area (Å²) in [5, 5.41) is 4.72. The Hall–Kier alpha value is -10.7. The van der Waals surface area contributed by atoms with Crippen molar-refractivity contribution in [2.24, 2.45) is 0 Å². The molecular formula is C105H95NO2. The molecule has 0 radical (unpaired) electrons. The second-order valence-corrected chi connectivity index (χ2v) is 34.4. The van der Waals surface area contributed by atoms with Crippen LogP contribution in [0.25, 0.3) is 133 Å². The molecular weight excluding hydrogens is 1310 g/mol. The van der Waals surface area contributed by atoms with Crippen LogP contribution in [0.4, 0.5) is 17.1 Å². The van der Waals surface area contributed by atoms with Crippen LogP contribution in [-0.4, -0.2) is 0 Å². The Morgan fingerprint density at radius 3 is 1.31 bits per heavy atom. The summed E-state index contributed by atoms with van der Waals surface area (Å²) in [6, 6.07) is 95.4. The average molecular weight is 1400 g/mol. The van der Waals surface area contributed by atoms with Crippen molar-refractivity contribution in [2.45, 2.75) is 173 Å². The number of benzene rings is 13. The predicted octanol–water partition coefficient (Wildman–Crippen LogP) is 30.2. The van der Waals surface area contributed by atoms with Crippen LogP contribution in [0.15, 0.2) is 258 Å². The van der Waals surface area contributed by atoms with E-state index in [1.807, 2.05) is 0 Å². The van der Waals surface area contributed by atoms with E-state index in [0.29, 0.717) is 0 Å². The van der Waals surface area contributed by atoms with E-state index < -0.39 is 5.41 Å². The molecule has 0 amide bonds. The van der Waals surface area contributed by atoms with Crippen molar-refractivity contribution in [3.8, 4) is 89.0 Å². The number of hydrogen-bond donors (Lipinski definition) is 0. The smallest absolute Gasteiger partial charge is 0.144 e. The van der Waals surface area contributed by atoms with Crippen LogP contribution in [0.3, 0.4) is 0 Å². The molecule has 3 heteroatoms. The number of nitrogens with zero attached hydrogens (tertiary/aromatic N) is 1. The van der Waals surface area contributed by atoms with Crippen molar-refractivity contribution < 1.29 is 8.83 Å². The van der Waals surface area contributed by atoms with Gasteiger partial charge in [0, 0.05) is 76.8 Å². The van der Waals surface area contributed by atoms with Gasteiger partial charge < -0.3 is 13.7 Å². The van der Waals surface area contributed by atoms with Crippen LogP contribution in [0, 0.1) is 0 Å². The van der Waals surface area contributed by atoms with Gasteiger partial charge in [0.25, 0.3) is 0 Å². The summed E-state index contributed by atoms with van der Waals surface area (Å²) in [7, 11) is 0. The molecule has 3 nitrogen and oxygen atoms in total. The predicted molar refractivity (Wildman–Crippen MR) is 455 cm³/mol. The molecule has 20 rings (SSSR count). The van der Waals surface area contributed by atoms with Gasteiger partial charge in [0.15, 0.2) is 0 Å². The first kappa shape index (κ1) is 66.7. The molecule has 2 heterocycles. The van der Waals surface area contributed by atoms with E-state index in [1.54, 1.807) is 11.1 Å². The Balaban J connectivity index is 0.691. The Morgan fingerprint density at radius 1 is 0.269 bits per heavy atom. The van der Waals surface area contributed by atoms with E-state index in [2.05, 4.69) is 323 Å². The topological polar surface area (TPSA) is 29.5 Å². The highest BCUT2D eigenvalue weighted by Crippen LogP contribution is 2.65. The number of furan rings is 2. The third-order valence-corrected chi connectivity index (χ3v) is 26.9. The molecule has 0 unspecified atom stereocenters. The molecule has 15 aromatic rings. The van der Waals surface area contributed by atoms with Crippen LogP contribution >= 0.6 is 0 Å². The normalized spacial score (nSPS) is 15.6. The Morgan fingerprint density at radius 2 is 0.685 bits per heavy atom. The molecule has 5 aliphatic rings. The maximum Gasteiger partial charge on any atom is 0.144 e. The molecule has 0 atom stereocenters. The lowest BCUT2D eigenvalue weighted by Crippen LogP contribution is -2.25. The highest BCUT2D eigenvalue weighted by atomic mass is 16.3. The number of para-hydroxylation sites is 2. The fraction of sp³-hybridized carbons (Fsp3) is 0.257. The highest BCUT2D eigenvalue weighted by molar-refractivity contribution is 6.22. The van der Waals surface area contributed by atoms with E-state index in [4.69, 9.17) is 8.83 Å². The second kappa shape index (κ2) is 24.6. The summed E-state index contributed by atoms with van der Waals surface area (Å²) in [5.41, 5.74) is 40.4. The van der Waals surface area contributed by atoms with E-state index in [1.165, 1.54) is 216 Å². The minimum absolute atomic E-state index is 0.0360. The minimum atomic E-state index is -0.395. The van der Waals surface area contributed by atoms with Gasteiger partial charge in [0.1, 0.15) is 22.3 Å². The first-order chi connectivity index (χ1) is 52.5. The van der Waals surface area contributed by atoms with Crippen molar-refractivity contribution in [1.29, 1.82) is 0 Å². The lowest BCUT2D eigenvalue weighted by Gasteiger charge is -2.33. The van der Waals surface area contributed by atoms with E-state index in [9.17, 15) is 0 Å². The van der Waals surface area contributed by atoms with Gasteiger partial charge in [-0.3, -0.25) is 0 Å². The molecule has 108 heavy (non-hydrogen) atoms. The molecule has 2 aromatic heterocycles. The zero-order valence-electron chi connectivity index (χ0n) is 64.4. The summed E-state index contributed by atoms with van der Waals surface area (Å²) >= 11 is 0. The Kier molecular flexibility index (Phi) is 15.2. The number of fused-ring (bicyclic) bond motifs is 25. The lowest BCUT2D eigenvalue weighted by atomic mass is 9.70. The molecule has 0 N–H and O–H groups in total. The van der Waals surface area contributed by atoms with Crippen LogP contribution in [0.1, 0.15) is 202 Å². The maximum atomic E-state index is 7.20. The van der Waals surface area contributed by atoms with Gasteiger partial charge in [-0.1, -0.05) is 309 Å². The van der Waals surface area contributed by atoms with Crippen LogP contribution < -0.4 is 4.90 Å². The SMILES string of the molecule is CCCCCCCC1(CCCCCCC)c2ccccc2-c2ccc(-c3ccc4c(c3)C(C)(C)c3cc(-c5ccc(N(c6ccc7c(c6)C(C)(C)c6cc(-c8ccccc8)c8oc9ccccc9c8c6-7)c6ccc7c(c6)C(C)(C)c6c8c(c9c(oc%10ccccc%109)c6-7)-c6ccccc6C8(C)C)cc5)ccc3-4)cc21. The van der Waals surface area contributed by atoms with Gasteiger partial charge >= 0.3 is 0 Å². The number of rotatable bonds is 18. The minimum Gasteiger partial charge on any atom is -0.455 e. The number of anilines is 3. The molecule has 0 aliphatic heterocycles. The summed E-state index contributed by atoms with van der Waals surface area (Å²) in [4.78, 5) is 2.53. The molecule has 0 saturated carbocycles. The molecule has 0 bridgehead atoms. The zero-order valence-corrected chi connectivity index (χ0v) is 64.4. The summed E-state index contributed by atoms with van der Waals surface area (Å²) in [6.07, 6.45) is 15.4. The Labute approximate surface area is 637 Å². The summed E-state index contributed by atoms with van der Waals surface area (Å²) in [5.74, 6) is 0. The molecule has 13 aromatic carbocycles. The number of hydrogen-bond acceptors (Lipinski definition) is 3. The quantitative estimate of drug-likeness (QED) is 0.0802. The average Bonchev–Trinajstić information content (AvgIpc) is 1.50. The fourth-order valence-electron chi connectivity index (χ4n) is 21.4. The van der Waals surface area contributed by atoms with E-state index >= 15 is 0 Å². The zero-order chi connectivity index (χ0) is 73.3. The highest BCUT2D eigenvalue weighted by Gasteiger charge is 2.50. The third-order valence-electron chi connectivity index (χ3n) is 26.9. The molecule has 0 saturated heterocycles. The lowest BCUT2D eigenvalue weighted by molar-refractivity contribution is 0.399. The standard InChI is InChI=1S/C105H95NO2/c1-11-13-15-17-30-56-105(57-31-18-16-14-12-2)83-39-27-22-34-72(83)75-53-46-68(60-88(75)105)67-45-52-74-73-51-44-66(58-84(73)101(3,4)85(74)59-67)64-42-47-69(48-43-64)106(70-49-54-77-86(61-70)102(5,6)89-63-81(65-32-20-19-21-33-65)99-94(92(77)89)79-36-24-28-40-90(79)107-99)71-50-55-78-87(62-71)104(9,10)98-96(78)100-95(80-37-25-29-41-91(80)108-100)93-76-35-23-26-38-82(76)103(7,8)97(93)98/h19-29,32-55,58-63H,11-18,30-31,56-57H2,1-10H3. The maximum absolute atomic E-state index is 7.20. The first-order valence-electron chi connectivity index (χ1n) is 40.4. The molecule has 532 valence electrons. The van der Waals surface area contributed by atoms with Crippen LogP contribution in [0.2, 0.25) is 0 Å². The first-order valence-corrected chi connectivity index (χ1v) is 40.4. The number of unbranched alkanes of at least 4 members (excludes halogenated alkanes) is 8. The van der Waals surface area contributed by atoms with Gasteiger partial charge in [0.05, 0.1) is 0 Å². The van der Waals surface area contributed by atoms with E-state index in [-0.39, 0.29) is 21.7 Å². The van der Waals surface area contributed by atoms with Crippen LogP contribution in [-0.2, 0) is 27.1 Å². The van der Waals surface area contributed by atoms with Crippen molar-refractivity contribution in [3.05, 3.63) is 304 Å².